The number of hydrogen-bond acceptors (Lipinski definition) is 5. The molecule has 2 aromatic rings. The van der Waals surface area contributed by atoms with E-state index in [9.17, 15) is 18.4 Å². The van der Waals surface area contributed by atoms with E-state index in [4.69, 9.17) is 9.47 Å². The molecule has 1 aliphatic rings. The molecule has 0 unspecified atom stereocenters. The van der Waals surface area contributed by atoms with Crippen LogP contribution in [0.3, 0.4) is 0 Å². The molecule has 34 heavy (non-hydrogen) atoms. The number of benzene rings is 1. The van der Waals surface area contributed by atoms with Crippen LogP contribution in [-0.2, 0) is 16.0 Å². The van der Waals surface area contributed by atoms with E-state index in [0.29, 0.717) is 23.6 Å². The molecule has 184 valence electrons. The third kappa shape index (κ3) is 5.55. The SMILES string of the molecule is COc1ccc2c(n1)CCN(C(=O)OC(C)(C)C)[C@H]2C(=O)Nc1cc(F)c([Si](C)(C)C)c(F)c1. The Labute approximate surface area is 199 Å². The number of fused-ring (bicyclic) bond motifs is 1. The number of amides is 2. The number of pyridine rings is 1. The van der Waals surface area contributed by atoms with E-state index >= 15 is 0 Å². The number of nitrogens with zero attached hydrogens (tertiary/aromatic N) is 2. The van der Waals surface area contributed by atoms with Gasteiger partial charge in [-0.25, -0.2) is 18.6 Å². The lowest BCUT2D eigenvalue weighted by molar-refractivity contribution is -0.122. The molecule has 1 atom stereocenters. The molecule has 3 rings (SSSR count). The highest BCUT2D eigenvalue weighted by molar-refractivity contribution is 6.88. The Morgan fingerprint density at radius 3 is 2.29 bits per heavy atom. The van der Waals surface area contributed by atoms with E-state index in [1.807, 2.05) is 19.6 Å². The monoisotopic (exact) mass is 491 g/mol. The van der Waals surface area contributed by atoms with Gasteiger partial charge in [0.25, 0.3) is 5.91 Å². The fourth-order valence-electron chi connectivity index (χ4n) is 3.95. The second-order valence-electron chi connectivity index (χ2n) is 10.3. The van der Waals surface area contributed by atoms with E-state index in [2.05, 4.69) is 10.3 Å². The highest BCUT2D eigenvalue weighted by Gasteiger charge is 2.39. The van der Waals surface area contributed by atoms with Gasteiger partial charge in [0, 0.05) is 35.5 Å². The summed E-state index contributed by atoms with van der Waals surface area (Å²) in [5, 5.41) is 2.65. The zero-order chi connectivity index (χ0) is 25.4. The molecule has 0 saturated heterocycles. The Kier molecular flexibility index (Phi) is 7.02. The van der Waals surface area contributed by atoms with Gasteiger partial charge in [-0.2, -0.15) is 0 Å². The van der Waals surface area contributed by atoms with Gasteiger partial charge in [0.05, 0.1) is 20.9 Å². The summed E-state index contributed by atoms with van der Waals surface area (Å²) in [7, 11) is -0.787. The molecule has 10 heteroatoms. The van der Waals surface area contributed by atoms with Crippen molar-refractivity contribution in [1.29, 1.82) is 0 Å². The van der Waals surface area contributed by atoms with Gasteiger partial charge in [-0.3, -0.25) is 9.69 Å². The maximum Gasteiger partial charge on any atom is 0.411 e. The minimum absolute atomic E-state index is 0.0280. The zero-order valence-electron chi connectivity index (χ0n) is 20.6. The summed E-state index contributed by atoms with van der Waals surface area (Å²) in [5.41, 5.74) is 0.302. The van der Waals surface area contributed by atoms with Gasteiger partial charge in [-0.05, 0) is 39.0 Å². The molecule has 2 heterocycles. The number of ether oxygens (including phenoxy) is 2. The highest BCUT2D eigenvalue weighted by atomic mass is 28.3. The van der Waals surface area contributed by atoms with Crippen LogP contribution < -0.4 is 15.2 Å². The number of carbonyl (C=O) groups excluding carboxylic acids is 2. The normalized spacial score (nSPS) is 16.0. The Balaban J connectivity index is 1.99. The molecule has 0 aliphatic carbocycles. The van der Waals surface area contributed by atoms with Gasteiger partial charge in [0.15, 0.2) is 0 Å². The average molecular weight is 492 g/mol. The number of anilines is 1. The summed E-state index contributed by atoms with van der Waals surface area (Å²) in [4.78, 5) is 32.1. The van der Waals surface area contributed by atoms with Gasteiger partial charge in [0.1, 0.15) is 23.3 Å². The smallest absolute Gasteiger partial charge is 0.411 e. The zero-order valence-corrected chi connectivity index (χ0v) is 21.6. The predicted molar refractivity (Wildman–Crippen MR) is 128 cm³/mol. The molecule has 0 fully saturated rings. The minimum Gasteiger partial charge on any atom is -0.481 e. The second kappa shape index (κ2) is 9.32. The molecule has 1 aromatic heterocycles. The first-order valence-corrected chi connectivity index (χ1v) is 14.5. The largest absolute Gasteiger partial charge is 0.481 e. The van der Waals surface area contributed by atoms with Gasteiger partial charge in [-0.1, -0.05) is 19.6 Å². The van der Waals surface area contributed by atoms with Crippen molar-refractivity contribution in [3.63, 3.8) is 0 Å². The molecule has 1 aromatic carbocycles. The van der Waals surface area contributed by atoms with Crippen molar-refractivity contribution >= 4 is 30.9 Å². The van der Waals surface area contributed by atoms with Crippen molar-refractivity contribution in [1.82, 2.24) is 9.88 Å². The van der Waals surface area contributed by atoms with Crippen LogP contribution in [0.15, 0.2) is 24.3 Å². The fraction of sp³-hybridized carbons (Fsp3) is 0.458. The fourth-order valence-corrected chi connectivity index (χ4v) is 5.53. The lowest BCUT2D eigenvalue weighted by Crippen LogP contribution is -2.47. The molecule has 0 radical (unpaired) electrons. The van der Waals surface area contributed by atoms with E-state index < -0.39 is 43.4 Å². The molecule has 0 spiro atoms. The molecule has 7 nitrogen and oxygen atoms in total. The number of hydrogen-bond donors (Lipinski definition) is 1. The quantitative estimate of drug-likeness (QED) is 0.642. The number of halogens is 2. The molecule has 2 amide bonds. The van der Waals surface area contributed by atoms with Crippen molar-refractivity contribution in [2.24, 2.45) is 0 Å². The van der Waals surface area contributed by atoms with Crippen LogP contribution in [-0.4, -0.2) is 49.2 Å². The second-order valence-corrected chi connectivity index (χ2v) is 15.3. The Hall–Kier alpha value is -3.01. The van der Waals surface area contributed by atoms with E-state index in [-0.39, 0.29) is 17.4 Å². The first-order chi connectivity index (χ1) is 15.7. The lowest BCUT2D eigenvalue weighted by atomic mass is 9.96. The Morgan fingerprint density at radius 1 is 1.15 bits per heavy atom. The van der Waals surface area contributed by atoms with Crippen molar-refractivity contribution in [2.75, 3.05) is 19.0 Å². The Bertz CT molecular complexity index is 1090. The van der Waals surface area contributed by atoms with E-state index in [0.717, 1.165) is 12.1 Å². The molecule has 0 bridgehead atoms. The van der Waals surface area contributed by atoms with E-state index in [1.165, 1.54) is 12.0 Å². The lowest BCUT2D eigenvalue weighted by Gasteiger charge is -2.36. The maximum atomic E-state index is 14.7. The number of nitrogens with one attached hydrogen (secondary N) is 1. The van der Waals surface area contributed by atoms with Gasteiger partial charge in [0.2, 0.25) is 5.88 Å². The first-order valence-electron chi connectivity index (χ1n) is 11.0. The van der Waals surface area contributed by atoms with Crippen LogP contribution in [0.25, 0.3) is 0 Å². The van der Waals surface area contributed by atoms with Crippen molar-refractivity contribution < 1.29 is 27.8 Å². The van der Waals surface area contributed by atoms with Crippen molar-refractivity contribution in [2.45, 2.75) is 58.5 Å². The average Bonchev–Trinajstić information content (AvgIpc) is 2.69. The van der Waals surface area contributed by atoms with Crippen molar-refractivity contribution in [3.8, 4) is 5.88 Å². The van der Waals surface area contributed by atoms with Crippen LogP contribution >= 0.6 is 0 Å². The number of aromatic nitrogens is 1. The summed E-state index contributed by atoms with van der Waals surface area (Å²) in [6, 6.07) is 4.39. The molecule has 0 saturated carbocycles. The Morgan fingerprint density at radius 2 is 1.76 bits per heavy atom. The van der Waals surface area contributed by atoms with Crippen molar-refractivity contribution in [3.05, 3.63) is 47.2 Å². The van der Waals surface area contributed by atoms with Gasteiger partial charge < -0.3 is 14.8 Å². The third-order valence-electron chi connectivity index (χ3n) is 5.32. The standard InChI is InChI=1S/C24H31F2N3O4Si/c1-24(2,3)33-23(31)29-11-10-18-15(8-9-19(28-18)32-4)20(29)22(30)27-14-12-16(25)21(17(26)13-14)34(5,6)7/h8-9,12-13,20H,10-11H2,1-7H3,(H,27,30)/t20-/m1/s1. The molecule has 1 N–H and O–H groups in total. The number of methoxy groups -OCH3 is 1. The summed E-state index contributed by atoms with van der Waals surface area (Å²) < 4.78 is 40.2. The molecular formula is C24H31F2N3O4Si. The topological polar surface area (TPSA) is 80.8 Å². The maximum absolute atomic E-state index is 14.7. The molecule has 1 aliphatic heterocycles. The molecular weight excluding hydrogens is 460 g/mol. The summed E-state index contributed by atoms with van der Waals surface area (Å²) in [6.45, 7) is 10.9. The predicted octanol–water partition coefficient (Wildman–Crippen LogP) is 4.39. The highest BCUT2D eigenvalue weighted by Crippen LogP contribution is 2.33. The van der Waals surface area contributed by atoms with Crippen LogP contribution in [0.1, 0.15) is 38.1 Å². The van der Waals surface area contributed by atoms with Crippen LogP contribution in [0.4, 0.5) is 19.3 Å². The van der Waals surface area contributed by atoms with Crippen LogP contribution in [0.2, 0.25) is 19.6 Å². The summed E-state index contributed by atoms with van der Waals surface area (Å²) in [5.74, 6) is -1.64. The van der Waals surface area contributed by atoms with Crippen LogP contribution in [0.5, 0.6) is 5.88 Å². The van der Waals surface area contributed by atoms with Gasteiger partial charge in [-0.15, -0.1) is 0 Å². The van der Waals surface area contributed by atoms with Crippen LogP contribution in [0, 0.1) is 11.6 Å². The first kappa shape index (κ1) is 25.6. The third-order valence-corrected chi connectivity index (χ3v) is 7.30. The van der Waals surface area contributed by atoms with E-state index in [1.54, 1.807) is 32.9 Å². The number of rotatable bonds is 4. The summed E-state index contributed by atoms with van der Waals surface area (Å²) in [6.07, 6.45) is -0.274. The number of carbonyl (C=O) groups is 2. The summed E-state index contributed by atoms with van der Waals surface area (Å²) >= 11 is 0. The van der Waals surface area contributed by atoms with Gasteiger partial charge >= 0.3 is 6.09 Å². The minimum atomic E-state index is -2.28.